The van der Waals surface area contributed by atoms with Crippen LogP contribution in [0.4, 0.5) is 13.2 Å². The molecule has 1 heterocycles. The van der Waals surface area contributed by atoms with Crippen molar-refractivity contribution in [1.29, 1.82) is 0 Å². The average molecular weight is 269 g/mol. The zero-order chi connectivity index (χ0) is 13.4. The molecule has 1 fully saturated rings. The SMILES string of the molecule is CNCCN(CCN1CCOCC1)CC(F)(F)F. The second kappa shape index (κ2) is 7.93. The predicted molar refractivity (Wildman–Crippen MR) is 63.7 cm³/mol. The molecule has 0 radical (unpaired) electrons. The third-order valence-corrected chi connectivity index (χ3v) is 2.92. The number of halogens is 3. The lowest BCUT2D eigenvalue weighted by Gasteiger charge is -2.30. The van der Waals surface area contributed by atoms with Crippen LogP contribution in [0, 0.1) is 0 Å². The van der Waals surface area contributed by atoms with E-state index in [1.54, 1.807) is 7.05 Å². The van der Waals surface area contributed by atoms with Gasteiger partial charge in [-0.05, 0) is 7.05 Å². The first kappa shape index (κ1) is 15.7. The monoisotopic (exact) mass is 269 g/mol. The van der Waals surface area contributed by atoms with Crippen LogP contribution in [-0.4, -0.2) is 82.1 Å². The van der Waals surface area contributed by atoms with E-state index in [2.05, 4.69) is 10.2 Å². The first-order valence-corrected chi connectivity index (χ1v) is 6.25. The van der Waals surface area contributed by atoms with Crippen LogP contribution >= 0.6 is 0 Å². The molecule has 1 N–H and O–H groups in total. The lowest BCUT2D eigenvalue weighted by atomic mass is 10.3. The van der Waals surface area contributed by atoms with Gasteiger partial charge in [0.05, 0.1) is 19.8 Å². The summed E-state index contributed by atoms with van der Waals surface area (Å²) in [6.07, 6.45) is -4.13. The molecule has 0 aliphatic carbocycles. The number of rotatable bonds is 7. The van der Waals surface area contributed by atoms with Gasteiger partial charge in [0.1, 0.15) is 0 Å². The maximum Gasteiger partial charge on any atom is 0.401 e. The molecule has 108 valence electrons. The largest absolute Gasteiger partial charge is 0.401 e. The summed E-state index contributed by atoms with van der Waals surface area (Å²) in [6, 6.07) is 0. The molecule has 0 amide bonds. The first-order valence-electron chi connectivity index (χ1n) is 6.25. The Kier molecular flexibility index (Phi) is 6.91. The molecule has 1 saturated heterocycles. The van der Waals surface area contributed by atoms with Crippen LogP contribution in [0.15, 0.2) is 0 Å². The van der Waals surface area contributed by atoms with E-state index in [1.807, 2.05) is 0 Å². The molecule has 1 aliphatic rings. The Bertz CT molecular complexity index is 220. The van der Waals surface area contributed by atoms with E-state index < -0.39 is 12.7 Å². The van der Waals surface area contributed by atoms with Crippen molar-refractivity contribution in [1.82, 2.24) is 15.1 Å². The second-order valence-corrected chi connectivity index (χ2v) is 4.45. The van der Waals surface area contributed by atoms with Crippen molar-refractivity contribution < 1.29 is 17.9 Å². The summed E-state index contributed by atoms with van der Waals surface area (Å²) >= 11 is 0. The average Bonchev–Trinajstić information content (AvgIpc) is 2.32. The fourth-order valence-electron chi connectivity index (χ4n) is 1.90. The summed E-state index contributed by atoms with van der Waals surface area (Å²) < 4.78 is 42.4. The summed E-state index contributed by atoms with van der Waals surface area (Å²) in [6.45, 7) is 4.24. The van der Waals surface area contributed by atoms with E-state index in [4.69, 9.17) is 4.74 Å². The van der Waals surface area contributed by atoms with Crippen LogP contribution in [0.3, 0.4) is 0 Å². The van der Waals surface area contributed by atoms with Crippen molar-refractivity contribution >= 4 is 0 Å². The molecule has 1 rings (SSSR count). The van der Waals surface area contributed by atoms with Crippen LogP contribution in [-0.2, 0) is 4.74 Å². The van der Waals surface area contributed by atoms with Gasteiger partial charge in [0.25, 0.3) is 0 Å². The number of hydrogen-bond acceptors (Lipinski definition) is 4. The minimum absolute atomic E-state index is 0.417. The van der Waals surface area contributed by atoms with Crippen molar-refractivity contribution in [2.75, 3.05) is 66.1 Å². The van der Waals surface area contributed by atoms with Crippen LogP contribution in [0.25, 0.3) is 0 Å². The van der Waals surface area contributed by atoms with E-state index in [0.717, 1.165) is 13.1 Å². The minimum atomic E-state index is -4.13. The summed E-state index contributed by atoms with van der Waals surface area (Å²) in [7, 11) is 1.74. The van der Waals surface area contributed by atoms with Gasteiger partial charge < -0.3 is 10.1 Å². The van der Waals surface area contributed by atoms with E-state index >= 15 is 0 Å². The third kappa shape index (κ3) is 7.15. The lowest BCUT2D eigenvalue weighted by Crippen LogP contribution is -2.45. The molecule has 0 aromatic heterocycles. The molecule has 0 aromatic carbocycles. The Balaban J connectivity index is 2.29. The van der Waals surface area contributed by atoms with Gasteiger partial charge in [-0.3, -0.25) is 9.80 Å². The standard InChI is InChI=1S/C11H22F3N3O/c1-15-2-3-17(10-11(12,13)14)5-4-16-6-8-18-9-7-16/h15H,2-10H2,1H3. The Morgan fingerprint density at radius 2 is 1.89 bits per heavy atom. The molecular weight excluding hydrogens is 247 g/mol. The molecule has 4 nitrogen and oxygen atoms in total. The first-order chi connectivity index (χ1) is 8.51. The highest BCUT2D eigenvalue weighted by Gasteiger charge is 2.30. The Labute approximate surface area is 106 Å². The molecule has 18 heavy (non-hydrogen) atoms. The summed E-state index contributed by atoms with van der Waals surface area (Å²) in [4.78, 5) is 3.60. The van der Waals surface area contributed by atoms with Gasteiger partial charge in [-0.1, -0.05) is 0 Å². The number of ether oxygens (including phenoxy) is 1. The van der Waals surface area contributed by atoms with Crippen molar-refractivity contribution in [2.24, 2.45) is 0 Å². The minimum Gasteiger partial charge on any atom is -0.379 e. The summed E-state index contributed by atoms with van der Waals surface area (Å²) in [5.41, 5.74) is 0. The van der Waals surface area contributed by atoms with Crippen LogP contribution in [0.5, 0.6) is 0 Å². The topological polar surface area (TPSA) is 27.7 Å². The van der Waals surface area contributed by atoms with Gasteiger partial charge in [0.15, 0.2) is 0 Å². The van der Waals surface area contributed by atoms with Gasteiger partial charge in [0, 0.05) is 39.3 Å². The molecule has 1 aliphatic heterocycles. The highest BCUT2D eigenvalue weighted by Crippen LogP contribution is 2.16. The van der Waals surface area contributed by atoms with Gasteiger partial charge in [-0.15, -0.1) is 0 Å². The normalized spacial score (nSPS) is 18.5. The highest BCUT2D eigenvalue weighted by atomic mass is 19.4. The molecule has 0 unspecified atom stereocenters. The molecule has 0 atom stereocenters. The van der Waals surface area contributed by atoms with Gasteiger partial charge >= 0.3 is 6.18 Å². The van der Waals surface area contributed by atoms with Gasteiger partial charge in [0.2, 0.25) is 0 Å². The fourth-order valence-corrected chi connectivity index (χ4v) is 1.90. The smallest absolute Gasteiger partial charge is 0.379 e. The number of alkyl halides is 3. The number of nitrogens with zero attached hydrogens (tertiary/aromatic N) is 2. The van der Waals surface area contributed by atoms with Crippen molar-refractivity contribution in [2.45, 2.75) is 6.18 Å². The van der Waals surface area contributed by atoms with Gasteiger partial charge in [-0.25, -0.2) is 0 Å². The molecule has 0 bridgehead atoms. The Morgan fingerprint density at radius 1 is 1.22 bits per heavy atom. The molecular formula is C11H22F3N3O. The number of nitrogens with one attached hydrogen (secondary N) is 1. The Morgan fingerprint density at radius 3 is 2.44 bits per heavy atom. The molecule has 0 spiro atoms. The fraction of sp³-hybridized carbons (Fsp3) is 1.00. The zero-order valence-corrected chi connectivity index (χ0v) is 10.8. The van der Waals surface area contributed by atoms with E-state index in [9.17, 15) is 13.2 Å². The molecule has 7 heteroatoms. The predicted octanol–water partition coefficient (Wildman–Crippen LogP) is 0.402. The quantitative estimate of drug-likeness (QED) is 0.724. The maximum atomic E-state index is 12.4. The summed E-state index contributed by atoms with van der Waals surface area (Å²) in [5, 5.41) is 2.88. The molecule has 0 saturated carbocycles. The number of hydrogen-bond donors (Lipinski definition) is 1. The van der Waals surface area contributed by atoms with Crippen LogP contribution in [0.1, 0.15) is 0 Å². The van der Waals surface area contributed by atoms with E-state index in [1.165, 1.54) is 4.90 Å². The van der Waals surface area contributed by atoms with Crippen LogP contribution in [0.2, 0.25) is 0 Å². The lowest BCUT2D eigenvalue weighted by molar-refractivity contribution is -0.146. The third-order valence-electron chi connectivity index (χ3n) is 2.92. The van der Waals surface area contributed by atoms with E-state index in [-0.39, 0.29) is 0 Å². The van der Waals surface area contributed by atoms with Crippen molar-refractivity contribution in [3.63, 3.8) is 0 Å². The van der Waals surface area contributed by atoms with E-state index in [0.29, 0.717) is 39.4 Å². The van der Waals surface area contributed by atoms with Crippen molar-refractivity contribution in [3.8, 4) is 0 Å². The van der Waals surface area contributed by atoms with Crippen molar-refractivity contribution in [3.05, 3.63) is 0 Å². The highest BCUT2D eigenvalue weighted by molar-refractivity contribution is 4.69. The number of morpholine rings is 1. The Hall–Kier alpha value is -0.370. The second-order valence-electron chi connectivity index (χ2n) is 4.45. The van der Waals surface area contributed by atoms with Crippen LogP contribution < -0.4 is 5.32 Å². The number of likely N-dealkylation sites (N-methyl/N-ethyl adjacent to an activating group) is 1. The van der Waals surface area contributed by atoms with Gasteiger partial charge in [-0.2, -0.15) is 13.2 Å². The zero-order valence-electron chi connectivity index (χ0n) is 10.8. The summed E-state index contributed by atoms with van der Waals surface area (Å²) in [5.74, 6) is 0. The maximum absolute atomic E-state index is 12.4. The molecule has 0 aromatic rings.